The molecule has 0 aliphatic carbocycles. The van der Waals surface area contributed by atoms with Crippen LogP contribution in [0.1, 0.15) is 0 Å². The number of hydrogen-bond donors (Lipinski definition) is 0. The van der Waals surface area contributed by atoms with Crippen molar-refractivity contribution in [3.63, 3.8) is 0 Å². The zero-order valence-electron chi connectivity index (χ0n) is 21.1. The lowest BCUT2D eigenvalue weighted by Gasteiger charge is -2.18. The van der Waals surface area contributed by atoms with Gasteiger partial charge in [0.05, 0.1) is 0 Å². The van der Waals surface area contributed by atoms with Crippen LogP contribution in [0.15, 0.2) is 144 Å². The molecule has 6 aromatic carbocycles. The van der Waals surface area contributed by atoms with Gasteiger partial charge in [-0.3, -0.25) is 4.98 Å². The van der Waals surface area contributed by atoms with E-state index in [9.17, 15) is 0 Å². The Hall–Kier alpha value is -5.21. The molecule has 0 saturated heterocycles. The molecule has 2 heterocycles. The maximum atomic E-state index is 6.38. The molecule has 0 fully saturated rings. The molecule has 0 amide bonds. The third kappa shape index (κ3) is 3.39. The Morgan fingerprint density at radius 3 is 1.64 bits per heavy atom. The summed E-state index contributed by atoms with van der Waals surface area (Å²) in [5, 5.41) is 7.24. The zero-order chi connectivity index (χ0) is 25.8. The number of benzene rings is 6. The Bertz CT molecular complexity index is 2120. The van der Waals surface area contributed by atoms with Crippen LogP contribution in [0.25, 0.3) is 76.9 Å². The van der Waals surface area contributed by atoms with E-state index in [4.69, 9.17) is 4.42 Å². The van der Waals surface area contributed by atoms with E-state index in [1.807, 2.05) is 24.5 Å². The minimum Gasteiger partial charge on any atom is -0.455 e. The van der Waals surface area contributed by atoms with Gasteiger partial charge < -0.3 is 4.42 Å². The van der Waals surface area contributed by atoms with Crippen molar-refractivity contribution >= 4 is 43.5 Å². The van der Waals surface area contributed by atoms with Gasteiger partial charge in [-0.1, -0.05) is 103 Å². The molecular formula is C37H23NO. The molecule has 0 unspecified atom stereocenters. The first-order chi connectivity index (χ1) is 19.4. The van der Waals surface area contributed by atoms with E-state index in [2.05, 4.69) is 120 Å². The van der Waals surface area contributed by atoms with Crippen LogP contribution in [0.4, 0.5) is 0 Å². The fourth-order valence-corrected chi connectivity index (χ4v) is 6.09. The third-order valence-electron chi connectivity index (χ3n) is 7.77. The Labute approximate surface area is 225 Å². The molecule has 2 heteroatoms. The Morgan fingerprint density at radius 1 is 0.410 bits per heavy atom. The van der Waals surface area contributed by atoms with Crippen LogP contribution < -0.4 is 0 Å². The standard InChI is InChI=1S/C37H23NO/c1-3-14-31-29(12-1)35(24-19-21-38-22-20-24)30-13-2-4-15-32(30)36(31)26-10-7-9-25(23-26)27-16-8-17-33-28-11-5-6-18-34(28)39-37(27)33/h1-23H. The smallest absolute Gasteiger partial charge is 0.143 e. The predicted molar refractivity (Wildman–Crippen MR) is 163 cm³/mol. The molecule has 0 aliphatic rings. The number of pyridine rings is 1. The van der Waals surface area contributed by atoms with Crippen LogP contribution in [-0.4, -0.2) is 4.98 Å². The minimum absolute atomic E-state index is 0.916. The Morgan fingerprint density at radius 2 is 0.949 bits per heavy atom. The number of fused-ring (bicyclic) bond motifs is 5. The molecule has 0 saturated carbocycles. The van der Waals surface area contributed by atoms with Gasteiger partial charge in [-0.2, -0.15) is 0 Å². The van der Waals surface area contributed by atoms with E-state index in [-0.39, 0.29) is 0 Å². The minimum atomic E-state index is 0.916. The lowest BCUT2D eigenvalue weighted by atomic mass is 9.85. The maximum Gasteiger partial charge on any atom is 0.143 e. The summed E-state index contributed by atoms with van der Waals surface area (Å²) in [6, 6.07) is 45.3. The second-order valence-corrected chi connectivity index (χ2v) is 9.94. The molecule has 0 bridgehead atoms. The van der Waals surface area contributed by atoms with Gasteiger partial charge in [-0.25, -0.2) is 0 Å². The molecule has 0 spiro atoms. The van der Waals surface area contributed by atoms with Crippen LogP contribution in [0.3, 0.4) is 0 Å². The summed E-state index contributed by atoms with van der Waals surface area (Å²) in [5.41, 5.74) is 8.95. The molecule has 8 rings (SSSR count). The Balaban J connectivity index is 1.42. The summed E-state index contributed by atoms with van der Waals surface area (Å²) >= 11 is 0. The van der Waals surface area contributed by atoms with Gasteiger partial charge in [0.2, 0.25) is 0 Å². The average Bonchev–Trinajstić information content (AvgIpc) is 3.39. The van der Waals surface area contributed by atoms with Crippen molar-refractivity contribution in [1.82, 2.24) is 4.98 Å². The van der Waals surface area contributed by atoms with E-state index in [0.717, 1.165) is 33.1 Å². The van der Waals surface area contributed by atoms with Crippen LogP contribution in [-0.2, 0) is 0 Å². The third-order valence-corrected chi connectivity index (χ3v) is 7.77. The van der Waals surface area contributed by atoms with Crippen molar-refractivity contribution in [2.75, 3.05) is 0 Å². The van der Waals surface area contributed by atoms with Gasteiger partial charge in [0, 0.05) is 28.7 Å². The summed E-state index contributed by atoms with van der Waals surface area (Å²) in [4.78, 5) is 4.26. The van der Waals surface area contributed by atoms with Gasteiger partial charge in [-0.05, 0) is 73.6 Å². The van der Waals surface area contributed by atoms with Crippen LogP contribution in [0.5, 0.6) is 0 Å². The molecule has 2 nitrogen and oxygen atoms in total. The van der Waals surface area contributed by atoms with Crippen molar-refractivity contribution in [3.05, 3.63) is 140 Å². The molecular weight excluding hydrogens is 474 g/mol. The Kier molecular flexibility index (Phi) is 4.86. The monoisotopic (exact) mass is 497 g/mol. The summed E-state index contributed by atoms with van der Waals surface area (Å²) in [7, 11) is 0. The van der Waals surface area contributed by atoms with Crippen molar-refractivity contribution in [2.24, 2.45) is 0 Å². The first-order valence-electron chi connectivity index (χ1n) is 13.2. The molecule has 182 valence electrons. The molecule has 8 aromatic rings. The molecule has 0 N–H and O–H groups in total. The topological polar surface area (TPSA) is 26.0 Å². The van der Waals surface area contributed by atoms with Gasteiger partial charge in [0.25, 0.3) is 0 Å². The highest BCUT2D eigenvalue weighted by atomic mass is 16.3. The maximum absolute atomic E-state index is 6.38. The molecule has 39 heavy (non-hydrogen) atoms. The normalized spacial score (nSPS) is 11.6. The van der Waals surface area contributed by atoms with Crippen LogP contribution in [0.2, 0.25) is 0 Å². The summed E-state index contributed by atoms with van der Waals surface area (Å²) < 4.78 is 6.38. The van der Waals surface area contributed by atoms with Gasteiger partial charge in [0.1, 0.15) is 11.2 Å². The van der Waals surface area contributed by atoms with Crippen molar-refractivity contribution in [1.29, 1.82) is 0 Å². The van der Waals surface area contributed by atoms with Crippen molar-refractivity contribution in [3.8, 4) is 33.4 Å². The quantitative estimate of drug-likeness (QED) is 0.227. The molecule has 0 atom stereocenters. The highest BCUT2D eigenvalue weighted by Gasteiger charge is 2.17. The van der Waals surface area contributed by atoms with Crippen molar-refractivity contribution < 1.29 is 4.42 Å². The lowest BCUT2D eigenvalue weighted by molar-refractivity contribution is 0.670. The highest BCUT2D eigenvalue weighted by molar-refractivity contribution is 6.21. The van der Waals surface area contributed by atoms with Gasteiger partial charge >= 0.3 is 0 Å². The number of furan rings is 1. The van der Waals surface area contributed by atoms with Crippen LogP contribution in [0, 0.1) is 0 Å². The first-order valence-corrected chi connectivity index (χ1v) is 13.2. The second kappa shape index (κ2) is 8.68. The van der Waals surface area contributed by atoms with Crippen molar-refractivity contribution in [2.45, 2.75) is 0 Å². The summed E-state index contributed by atoms with van der Waals surface area (Å²) in [6.07, 6.45) is 3.74. The van der Waals surface area contributed by atoms with E-state index in [0.29, 0.717) is 0 Å². The predicted octanol–water partition coefficient (Wildman–Crippen LogP) is 10.3. The first kappa shape index (κ1) is 21.8. The summed E-state index contributed by atoms with van der Waals surface area (Å²) in [5.74, 6) is 0. The number of aromatic nitrogens is 1. The zero-order valence-corrected chi connectivity index (χ0v) is 21.1. The van der Waals surface area contributed by atoms with E-state index >= 15 is 0 Å². The largest absolute Gasteiger partial charge is 0.455 e. The lowest BCUT2D eigenvalue weighted by Crippen LogP contribution is -1.91. The fourth-order valence-electron chi connectivity index (χ4n) is 6.09. The number of nitrogens with zero attached hydrogens (tertiary/aromatic N) is 1. The van der Waals surface area contributed by atoms with Gasteiger partial charge in [-0.15, -0.1) is 0 Å². The van der Waals surface area contributed by atoms with E-state index in [1.165, 1.54) is 43.8 Å². The number of para-hydroxylation sites is 2. The van der Waals surface area contributed by atoms with Crippen LogP contribution >= 0.6 is 0 Å². The van der Waals surface area contributed by atoms with Gasteiger partial charge in [0.15, 0.2) is 0 Å². The molecule has 2 aromatic heterocycles. The molecule has 0 radical (unpaired) electrons. The SMILES string of the molecule is c1cc(-c2c3ccccc3c(-c3ccncc3)c3ccccc23)cc(-c2cccc3c2oc2ccccc23)c1. The number of hydrogen-bond acceptors (Lipinski definition) is 2. The molecule has 0 aliphatic heterocycles. The average molecular weight is 498 g/mol. The van der Waals surface area contributed by atoms with E-state index < -0.39 is 0 Å². The number of rotatable bonds is 3. The van der Waals surface area contributed by atoms with E-state index in [1.54, 1.807) is 0 Å². The summed E-state index contributed by atoms with van der Waals surface area (Å²) in [6.45, 7) is 0. The highest BCUT2D eigenvalue weighted by Crippen LogP contribution is 2.44. The fraction of sp³-hybridized carbons (Fsp3) is 0. The second-order valence-electron chi connectivity index (χ2n) is 9.94.